The fraction of sp³-hybridized carbons (Fsp3) is 0.400. The maximum absolute atomic E-state index is 6.03. The van der Waals surface area contributed by atoms with E-state index < -0.39 is 0 Å². The van der Waals surface area contributed by atoms with Gasteiger partial charge in [0.25, 0.3) is 0 Å². The van der Waals surface area contributed by atoms with Crippen LogP contribution in [-0.4, -0.2) is 31.1 Å². The molecule has 1 aliphatic carbocycles. The molecule has 2 aromatic rings. The normalized spacial score (nSPS) is 20.0. The molecule has 0 unspecified atom stereocenters. The van der Waals surface area contributed by atoms with Crippen molar-refractivity contribution in [2.75, 3.05) is 26.2 Å². The Labute approximate surface area is 153 Å². The Morgan fingerprint density at radius 3 is 2.42 bits per heavy atom. The minimum Gasteiger partial charge on any atom is -0.314 e. The molecule has 2 nitrogen and oxygen atoms in total. The van der Waals surface area contributed by atoms with Crippen LogP contribution in [0, 0.1) is 5.92 Å². The maximum atomic E-state index is 6.03. The Balaban J connectivity index is 1.62. The lowest BCUT2D eigenvalue weighted by atomic mass is 10.00. The molecule has 0 aromatic heterocycles. The average Bonchev–Trinajstić information content (AvgIpc) is 3.45. The zero-order valence-corrected chi connectivity index (χ0v) is 15.3. The number of nitrogens with one attached hydrogen (secondary N) is 1. The first-order valence-electron chi connectivity index (χ1n) is 8.78. The van der Waals surface area contributed by atoms with Crippen molar-refractivity contribution in [1.29, 1.82) is 0 Å². The van der Waals surface area contributed by atoms with Crippen LogP contribution in [0.2, 0.25) is 5.02 Å². The van der Waals surface area contributed by atoms with E-state index in [1.165, 1.54) is 28.2 Å². The fourth-order valence-corrected chi connectivity index (χ4v) is 4.67. The van der Waals surface area contributed by atoms with E-state index in [0.29, 0.717) is 6.04 Å². The average molecular weight is 359 g/mol. The monoisotopic (exact) mass is 358 g/mol. The van der Waals surface area contributed by atoms with Gasteiger partial charge in [-0.05, 0) is 54.7 Å². The quantitative estimate of drug-likeness (QED) is 0.822. The standard InChI is InChI=1S/C20H23ClN2S/c21-16-7-9-17(10-8-16)24-19-4-2-1-3-18(19)20(15-5-6-15)23-13-11-22-12-14-23/h1-4,7-10,15,20,22H,5-6,11-14H2/t20-/m0/s1. The molecule has 1 aliphatic heterocycles. The lowest BCUT2D eigenvalue weighted by Gasteiger charge is -2.36. The molecule has 4 heteroatoms. The van der Waals surface area contributed by atoms with Crippen molar-refractivity contribution in [1.82, 2.24) is 10.2 Å². The van der Waals surface area contributed by atoms with Crippen LogP contribution in [-0.2, 0) is 0 Å². The summed E-state index contributed by atoms with van der Waals surface area (Å²) >= 11 is 7.89. The smallest absolute Gasteiger partial charge is 0.0406 e. The number of benzene rings is 2. The first-order chi connectivity index (χ1) is 11.8. The van der Waals surface area contributed by atoms with Crippen molar-refractivity contribution in [2.45, 2.75) is 28.7 Å². The Morgan fingerprint density at radius 1 is 1.00 bits per heavy atom. The van der Waals surface area contributed by atoms with Crippen LogP contribution in [0.15, 0.2) is 58.3 Å². The number of halogens is 1. The van der Waals surface area contributed by atoms with Crippen molar-refractivity contribution in [3.05, 3.63) is 59.1 Å². The molecule has 1 saturated carbocycles. The van der Waals surface area contributed by atoms with E-state index in [-0.39, 0.29) is 0 Å². The summed E-state index contributed by atoms with van der Waals surface area (Å²) in [7, 11) is 0. The number of nitrogens with zero attached hydrogens (tertiary/aromatic N) is 1. The molecule has 1 heterocycles. The van der Waals surface area contributed by atoms with E-state index in [0.717, 1.165) is 37.1 Å². The molecule has 4 rings (SSSR count). The molecule has 2 fully saturated rings. The van der Waals surface area contributed by atoms with Crippen molar-refractivity contribution < 1.29 is 0 Å². The molecule has 0 bridgehead atoms. The van der Waals surface area contributed by atoms with Gasteiger partial charge in [0.05, 0.1) is 0 Å². The molecule has 24 heavy (non-hydrogen) atoms. The molecule has 1 saturated heterocycles. The van der Waals surface area contributed by atoms with Gasteiger partial charge in [0.1, 0.15) is 0 Å². The third-order valence-corrected chi connectivity index (χ3v) is 6.24. The van der Waals surface area contributed by atoms with E-state index in [2.05, 4.69) is 46.6 Å². The van der Waals surface area contributed by atoms with E-state index in [4.69, 9.17) is 11.6 Å². The summed E-state index contributed by atoms with van der Waals surface area (Å²) in [4.78, 5) is 5.33. The van der Waals surface area contributed by atoms with Gasteiger partial charge in [-0.3, -0.25) is 4.90 Å². The van der Waals surface area contributed by atoms with Crippen LogP contribution in [0.5, 0.6) is 0 Å². The Morgan fingerprint density at radius 2 is 1.71 bits per heavy atom. The van der Waals surface area contributed by atoms with Crippen LogP contribution in [0.4, 0.5) is 0 Å². The summed E-state index contributed by atoms with van der Waals surface area (Å²) in [5.41, 5.74) is 1.50. The first-order valence-corrected chi connectivity index (χ1v) is 9.98. The van der Waals surface area contributed by atoms with Gasteiger partial charge >= 0.3 is 0 Å². The summed E-state index contributed by atoms with van der Waals surface area (Å²) in [5.74, 6) is 0.829. The van der Waals surface area contributed by atoms with E-state index in [1.54, 1.807) is 0 Å². The minimum atomic E-state index is 0.572. The molecule has 0 amide bonds. The SMILES string of the molecule is Clc1ccc(Sc2ccccc2[C@H](C2CC2)N2CCNCC2)cc1. The zero-order chi connectivity index (χ0) is 16.4. The number of piperazine rings is 1. The van der Waals surface area contributed by atoms with Crippen molar-refractivity contribution in [2.24, 2.45) is 5.92 Å². The third-order valence-electron chi connectivity index (χ3n) is 4.89. The molecule has 2 aliphatic rings. The van der Waals surface area contributed by atoms with Gasteiger partial charge in [0, 0.05) is 47.0 Å². The highest BCUT2D eigenvalue weighted by Crippen LogP contribution is 2.47. The minimum absolute atomic E-state index is 0.572. The summed E-state index contributed by atoms with van der Waals surface area (Å²) in [6.07, 6.45) is 2.74. The second-order valence-corrected chi connectivity index (χ2v) is 8.21. The summed E-state index contributed by atoms with van der Waals surface area (Å²) in [6.45, 7) is 4.52. The predicted octanol–water partition coefficient (Wildman–Crippen LogP) is 4.85. The van der Waals surface area contributed by atoms with Gasteiger partial charge in [-0.25, -0.2) is 0 Å². The van der Waals surface area contributed by atoms with E-state index >= 15 is 0 Å². The summed E-state index contributed by atoms with van der Waals surface area (Å²) in [6, 6.07) is 17.7. The molecule has 0 radical (unpaired) electrons. The highest BCUT2D eigenvalue weighted by molar-refractivity contribution is 7.99. The topological polar surface area (TPSA) is 15.3 Å². The Bertz CT molecular complexity index is 678. The lowest BCUT2D eigenvalue weighted by Crippen LogP contribution is -2.45. The van der Waals surface area contributed by atoms with Gasteiger partial charge in [-0.15, -0.1) is 0 Å². The van der Waals surface area contributed by atoms with Crippen LogP contribution < -0.4 is 5.32 Å². The number of hydrogen-bond acceptors (Lipinski definition) is 3. The van der Waals surface area contributed by atoms with Gasteiger partial charge in [0.15, 0.2) is 0 Å². The van der Waals surface area contributed by atoms with Gasteiger partial charge in [-0.1, -0.05) is 41.6 Å². The Hall–Kier alpha value is -1.00. The third kappa shape index (κ3) is 3.80. The lowest BCUT2D eigenvalue weighted by molar-refractivity contribution is 0.154. The summed E-state index contributed by atoms with van der Waals surface area (Å²) in [5, 5.41) is 4.28. The fourth-order valence-electron chi connectivity index (χ4n) is 3.57. The summed E-state index contributed by atoms with van der Waals surface area (Å²) < 4.78 is 0. The molecular formula is C20H23ClN2S. The maximum Gasteiger partial charge on any atom is 0.0406 e. The molecule has 1 N–H and O–H groups in total. The molecular weight excluding hydrogens is 336 g/mol. The number of rotatable bonds is 5. The first kappa shape index (κ1) is 16.5. The molecule has 0 spiro atoms. The van der Waals surface area contributed by atoms with Gasteiger partial charge in [0.2, 0.25) is 0 Å². The van der Waals surface area contributed by atoms with Gasteiger partial charge in [-0.2, -0.15) is 0 Å². The highest BCUT2D eigenvalue weighted by atomic mass is 35.5. The van der Waals surface area contributed by atoms with Crippen LogP contribution in [0.1, 0.15) is 24.4 Å². The predicted molar refractivity (Wildman–Crippen MR) is 102 cm³/mol. The zero-order valence-electron chi connectivity index (χ0n) is 13.7. The van der Waals surface area contributed by atoms with Gasteiger partial charge < -0.3 is 5.32 Å². The molecule has 2 aromatic carbocycles. The molecule has 1 atom stereocenters. The van der Waals surface area contributed by atoms with E-state index in [1.807, 2.05) is 23.9 Å². The highest BCUT2D eigenvalue weighted by Gasteiger charge is 2.37. The van der Waals surface area contributed by atoms with Crippen molar-refractivity contribution >= 4 is 23.4 Å². The van der Waals surface area contributed by atoms with Crippen LogP contribution in [0.25, 0.3) is 0 Å². The van der Waals surface area contributed by atoms with Crippen LogP contribution >= 0.6 is 23.4 Å². The van der Waals surface area contributed by atoms with Crippen molar-refractivity contribution in [3.63, 3.8) is 0 Å². The van der Waals surface area contributed by atoms with Crippen LogP contribution in [0.3, 0.4) is 0 Å². The van der Waals surface area contributed by atoms with Crippen molar-refractivity contribution in [3.8, 4) is 0 Å². The second kappa shape index (κ2) is 7.49. The number of hydrogen-bond donors (Lipinski definition) is 1. The molecule has 126 valence electrons. The largest absolute Gasteiger partial charge is 0.314 e. The Kier molecular flexibility index (Phi) is 5.14. The van der Waals surface area contributed by atoms with E-state index in [9.17, 15) is 0 Å². The second-order valence-electron chi connectivity index (χ2n) is 6.66.